The summed E-state index contributed by atoms with van der Waals surface area (Å²) in [4.78, 5) is 9.79. The third-order valence-corrected chi connectivity index (χ3v) is 4.82. The van der Waals surface area contributed by atoms with E-state index in [-0.39, 0.29) is 22.0 Å². The van der Waals surface area contributed by atoms with Gasteiger partial charge in [0.1, 0.15) is 5.69 Å². The molecule has 1 aromatic rings. The molecule has 1 unspecified atom stereocenters. The van der Waals surface area contributed by atoms with Gasteiger partial charge in [0.05, 0.1) is 4.92 Å². The molecule has 1 aliphatic carbocycles. The summed E-state index contributed by atoms with van der Waals surface area (Å²) >= 11 is 0. The Morgan fingerprint density at radius 2 is 2.05 bits per heavy atom. The fourth-order valence-electron chi connectivity index (χ4n) is 1.87. The van der Waals surface area contributed by atoms with E-state index in [9.17, 15) is 18.5 Å². The zero-order valence-electron chi connectivity index (χ0n) is 10.6. The van der Waals surface area contributed by atoms with Gasteiger partial charge in [0, 0.05) is 6.04 Å². The number of hydrogen-bond acceptors (Lipinski definition) is 5. The largest absolute Gasteiger partial charge is 0.393 e. The standard InChI is InChI=1S/C11H15N3O4S/c1-11(2)6-9(11)13-19(17,18)8-5-3-4-7(12)10(8)14(15)16/h3-5,9,13H,6,12H2,1-2H3. The third kappa shape index (κ3) is 2.54. The van der Waals surface area contributed by atoms with Gasteiger partial charge in [0.15, 0.2) is 4.90 Å². The number of para-hydroxylation sites is 1. The van der Waals surface area contributed by atoms with Gasteiger partial charge < -0.3 is 5.73 Å². The molecule has 7 nitrogen and oxygen atoms in total. The quantitative estimate of drug-likeness (QED) is 0.491. The van der Waals surface area contributed by atoms with Gasteiger partial charge in [-0.15, -0.1) is 0 Å². The van der Waals surface area contributed by atoms with Crippen LogP contribution >= 0.6 is 0 Å². The second kappa shape index (κ2) is 4.17. The summed E-state index contributed by atoms with van der Waals surface area (Å²) in [5, 5.41) is 11.0. The van der Waals surface area contributed by atoms with Crippen molar-refractivity contribution in [2.45, 2.75) is 31.2 Å². The van der Waals surface area contributed by atoms with Crippen molar-refractivity contribution in [3.8, 4) is 0 Å². The number of benzene rings is 1. The van der Waals surface area contributed by atoms with Gasteiger partial charge in [-0.1, -0.05) is 19.9 Å². The molecule has 0 spiro atoms. The van der Waals surface area contributed by atoms with Crippen molar-refractivity contribution < 1.29 is 13.3 Å². The number of hydrogen-bond donors (Lipinski definition) is 2. The molecular formula is C11H15N3O4S. The van der Waals surface area contributed by atoms with Crippen LogP contribution in [0.5, 0.6) is 0 Å². The van der Waals surface area contributed by atoms with E-state index in [1.165, 1.54) is 18.2 Å². The molecule has 1 aromatic carbocycles. The summed E-state index contributed by atoms with van der Waals surface area (Å²) in [5.74, 6) is 0. The van der Waals surface area contributed by atoms with Crippen LogP contribution in [0.3, 0.4) is 0 Å². The third-order valence-electron chi connectivity index (χ3n) is 3.31. The average molecular weight is 285 g/mol. The molecule has 0 saturated heterocycles. The Bertz CT molecular complexity index is 639. The predicted octanol–water partition coefficient (Wildman–Crippen LogP) is 1.25. The van der Waals surface area contributed by atoms with E-state index in [0.717, 1.165) is 0 Å². The minimum atomic E-state index is -3.94. The summed E-state index contributed by atoms with van der Waals surface area (Å²) in [6.07, 6.45) is 0.711. The molecule has 1 atom stereocenters. The molecule has 2 rings (SSSR count). The molecule has 3 N–H and O–H groups in total. The van der Waals surface area contributed by atoms with Crippen LogP contribution in [0, 0.1) is 15.5 Å². The van der Waals surface area contributed by atoms with Gasteiger partial charge in [0.25, 0.3) is 0 Å². The van der Waals surface area contributed by atoms with Crippen LogP contribution in [0.25, 0.3) is 0 Å². The SMILES string of the molecule is CC1(C)CC1NS(=O)(=O)c1cccc(N)c1[N+](=O)[O-]. The number of nitro groups is 1. The highest BCUT2D eigenvalue weighted by molar-refractivity contribution is 7.89. The van der Waals surface area contributed by atoms with Crippen LogP contribution in [0.1, 0.15) is 20.3 Å². The maximum Gasteiger partial charge on any atom is 0.312 e. The Balaban J connectivity index is 2.41. The summed E-state index contributed by atoms with van der Waals surface area (Å²) in [7, 11) is -3.94. The number of nitrogens with zero attached hydrogens (tertiary/aromatic N) is 1. The molecule has 104 valence electrons. The highest BCUT2D eigenvalue weighted by atomic mass is 32.2. The van der Waals surface area contributed by atoms with Crippen molar-refractivity contribution in [1.82, 2.24) is 4.72 Å². The maximum absolute atomic E-state index is 12.2. The molecule has 0 bridgehead atoms. The predicted molar refractivity (Wildman–Crippen MR) is 70.0 cm³/mol. The van der Waals surface area contributed by atoms with E-state index in [1.54, 1.807) is 0 Å². The van der Waals surface area contributed by atoms with Gasteiger partial charge in [-0.05, 0) is 24.0 Å². The smallest absolute Gasteiger partial charge is 0.312 e. The Morgan fingerprint density at radius 3 is 2.53 bits per heavy atom. The van der Waals surface area contributed by atoms with Crippen LogP contribution < -0.4 is 10.5 Å². The fourth-order valence-corrected chi connectivity index (χ4v) is 3.48. The minimum absolute atomic E-state index is 0.109. The van der Waals surface area contributed by atoms with E-state index in [0.29, 0.717) is 6.42 Å². The number of sulfonamides is 1. The van der Waals surface area contributed by atoms with Gasteiger partial charge in [-0.25, -0.2) is 13.1 Å². The van der Waals surface area contributed by atoms with Gasteiger partial charge in [-0.3, -0.25) is 10.1 Å². The zero-order valence-corrected chi connectivity index (χ0v) is 11.4. The highest BCUT2D eigenvalue weighted by Gasteiger charge is 2.48. The van der Waals surface area contributed by atoms with Crippen LogP contribution in [0.2, 0.25) is 0 Å². The molecule has 1 fully saturated rings. The zero-order chi connectivity index (χ0) is 14.4. The number of rotatable bonds is 4. The summed E-state index contributed by atoms with van der Waals surface area (Å²) < 4.78 is 26.8. The van der Waals surface area contributed by atoms with Crippen molar-refractivity contribution in [1.29, 1.82) is 0 Å². The van der Waals surface area contributed by atoms with Crippen molar-refractivity contribution in [3.05, 3.63) is 28.3 Å². The molecule has 1 saturated carbocycles. The summed E-state index contributed by atoms with van der Waals surface area (Å²) in [6, 6.07) is 3.68. The first-order chi connectivity index (χ1) is 8.65. The topological polar surface area (TPSA) is 115 Å². The lowest BCUT2D eigenvalue weighted by Crippen LogP contribution is -2.29. The van der Waals surface area contributed by atoms with Crippen molar-refractivity contribution in [3.63, 3.8) is 0 Å². The van der Waals surface area contributed by atoms with Crippen molar-refractivity contribution in [2.75, 3.05) is 5.73 Å². The van der Waals surface area contributed by atoms with Crippen molar-refractivity contribution >= 4 is 21.4 Å². The molecule has 0 aliphatic heterocycles. The first-order valence-corrected chi connectivity index (χ1v) is 7.19. The lowest BCUT2D eigenvalue weighted by atomic mass is 10.2. The first kappa shape index (κ1) is 13.8. The van der Waals surface area contributed by atoms with Gasteiger partial charge in [0.2, 0.25) is 10.0 Å². The summed E-state index contributed by atoms with van der Waals surface area (Å²) in [5.41, 5.74) is 4.64. The average Bonchev–Trinajstić information content (AvgIpc) is 2.83. The second-order valence-corrected chi connectivity index (χ2v) is 7.00. The van der Waals surface area contributed by atoms with Crippen LogP contribution in [0.15, 0.2) is 23.1 Å². The molecule has 0 heterocycles. The number of nitrogens with one attached hydrogen (secondary N) is 1. The molecule has 19 heavy (non-hydrogen) atoms. The Kier molecular flexibility index (Phi) is 3.02. The fraction of sp³-hybridized carbons (Fsp3) is 0.455. The molecule has 1 aliphatic rings. The summed E-state index contributed by atoms with van der Waals surface area (Å²) in [6.45, 7) is 3.85. The van der Waals surface area contributed by atoms with E-state index >= 15 is 0 Å². The molecule has 0 radical (unpaired) electrons. The highest BCUT2D eigenvalue weighted by Crippen LogP contribution is 2.45. The minimum Gasteiger partial charge on any atom is -0.393 e. The van der Waals surface area contributed by atoms with Crippen LogP contribution in [0.4, 0.5) is 11.4 Å². The molecule has 0 amide bonds. The first-order valence-electron chi connectivity index (χ1n) is 5.70. The Labute approximate surface area is 111 Å². The second-order valence-electron chi connectivity index (χ2n) is 5.32. The monoisotopic (exact) mass is 285 g/mol. The normalized spacial score (nSPS) is 21.1. The van der Waals surface area contributed by atoms with Gasteiger partial charge >= 0.3 is 5.69 Å². The lowest BCUT2D eigenvalue weighted by Gasteiger charge is -2.09. The van der Waals surface area contributed by atoms with Crippen LogP contribution in [-0.2, 0) is 10.0 Å². The van der Waals surface area contributed by atoms with Crippen LogP contribution in [-0.4, -0.2) is 19.4 Å². The number of nitro benzene ring substituents is 1. The van der Waals surface area contributed by atoms with E-state index in [4.69, 9.17) is 5.73 Å². The molecule has 8 heteroatoms. The number of nitrogen functional groups attached to an aromatic ring is 1. The lowest BCUT2D eigenvalue weighted by molar-refractivity contribution is -0.386. The molecular weight excluding hydrogens is 270 g/mol. The molecule has 0 aromatic heterocycles. The maximum atomic E-state index is 12.2. The van der Waals surface area contributed by atoms with E-state index in [2.05, 4.69) is 4.72 Å². The van der Waals surface area contributed by atoms with E-state index < -0.39 is 20.6 Å². The Morgan fingerprint density at radius 1 is 1.47 bits per heavy atom. The van der Waals surface area contributed by atoms with Crippen molar-refractivity contribution in [2.24, 2.45) is 5.41 Å². The number of nitrogens with two attached hydrogens (primary N) is 1. The Hall–Kier alpha value is -1.67. The van der Waals surface area contributed by atoms with E-state index in [1.807, 2.05) is 13.8 Å². The van der Waals surface area contributed by atoms with Gasteiger partial charge in [-0.2, -0.15) is 0 Å². The number of anilines is 1.